The molecule has 0 aromatic carbocycles. The molecule has 0 aliphatic heterocycles. The van der Waals surface area contributed by atoms with Crippen molar-refractivity contribution >= 4 is 17.7 Å². The number of carboxylic acid groups (broad SMARTS) is 1. The Morgan fingerprint density at radius 1 is 1.50 bits per heavy atom. The van der Waals surface area contributed by atoms with Gasteiger partial charge in [0.05, 0.1) is 5.56 Å². The molecule has 0 bridgehead atoms. The van der Waals surface area contributed by atoms with Crippen LogP contribution in [0.5, 0.6) is 0 Å². The largest absolute Gasteiger partial charge is 0.478 e. The second-order valence-electron chi connectivity index (χ2n) is 2.76. The Kier molecular flexibility index (Phi) is 4.39. The first-order valence-electron chi connectivity index (χ1n) is 4.42. The van der Waals surface area contributed by atoms with Gasteiger partial charge in [0.25, 0.3) is 0 Å². The molecule has 1 heterocycles. The van der Waals surface area contributed by atoms with Crippen LogP contribution in [-0.4, -0.2) is 26.8 Å². The van der Waals surface area contributed by atoms with Gasteiger partial charge in [-0.25, -0.2) is 14.8 Å². The molecule has 1 aromatic heterocycles. The molecule has 0 fully saturated rings. The van der Waals surface area contributed by atoms with Crippen LogP contribution in [0.1, 0.15) is 30.1 Å². The monoisotopic (exact) mass is 212 g/mol. The second-order valence-corrected chi connectivity index (χ2v) is 3.82. The van der Waals surface area contributed by atoms with Crippen molar-refractivity contribution in [3.63, 3.8) is 0 Å². The topological polar surface area (TPSA) is 63.1 Å². The number of aromatic nitrogens is 2. The lowest BCUT2D eigenvalue weighted by Crippen LogP contribution is -1.99. The predicted octanol–water partition coefficient (Wildman–Crippen LogP) is 2.07. The Labute approximate surface area is 86.8 Å². The number of hydrogen-bond acceptors (Lipinski definition) is 4. The maximum atomic E-state index is 10.5. The molecule has 0 radical (unpaired) electrons. The van der Waals surface area contributed by atoms with Gasteiger partial charge >= 0.3 is 5.97 Å². The SMILES string of the molecule is CCCCSc1ncc(C(=O)O)cn1. The van der Waals surface area contributed by atoms with Crippen LogP contribution in [0.15, 0.2) is 17.6 Å². The number of aromatic carboxylic acids is 1. The minimum absolute atomic E-state index is 0.129. The van der Waals surface area contributed by atoms with Crippen molar-refractivity contribution in [1.82, 2.24) is 9.97 Å². The number of carboxylic acids is 1. The Bertz CT molecular complexity index is 300. The van der Waals surface area contributed by atoms with E-state index in [4.69, 9.17) is 5.11 Å². The lowest BCUT2D eigenvalue weighted by molar-refractivity contribution is 0.0695. The Morgan fingerprint density at radius 2 is 2.14 bits per heavy atom. The van der Waals surface area contributed by atoms with Crippen molar-refractivity contribution < 1.29 is 9.90 Å². The average molecular weight is 212 g/mol. The van der Waals surface area contributed by atoms with Gasteiger partial charge in [0.1, 0.15) is 0 Å². The van der Waals surface area contributed by atoms with Gasteiger partial charge in [-0.3, -0.25) is 0 Å². The minimum Gasteiger partial charge on any atom is -0.478 e. The highest BCUT2D eigenvalue weighted by Gasteiger charge is 2.03. The van der Waals surface area contributed by atoms with Gasteiger partial charge in [0.15, 0.2) is 5.16 Å². The van der Waals surface area contributed by atoms with Gasteiger partial charge in [0.2, 0.25) is 0 Å². The lowest BCUT2D eigenvalue weighted by atomic mass is 10.4. The number of nitrogens with zero attached hydrogens (tertiary/aromatic N) is 2. The molecule has 14 heavy (non-hydrogen) atoms. The summed E-state index contributed by atoms with van der Waals surface area (Å²) in [5.74, 6) is -0.0155. The van der Waals surface area contributed by atoms with Crippen LogP contribution in [0, 0.1) is 0 Å². The normalized spacial score (nSPS) is 10.1. The summed E-state index contributed by atoms with van der Waals surface area (Å²) in [6.45, 7) is 2.12. The van der Waals surface area contributed by atoms with Crippen molar-refractivity contribution in [2.45, 2.75) is 24.9 Å². The summed E-state index contributed by atoms with van der Waals surface area (Å²) in [7, 11) is 0. The first-order chi connectivity index (χ1) is 6.74. The van der Waals surface area contributed by atoms with Gasteiger partial charge in [-0.15, -0.1) is 0 Å². The van der Waals surface area contributed by atoms with Crippen LogP contribution in [0.4, 0.5) is 0 Å². The molecule has 1 aromatic rings. The fourth-order valence-corrected chi connectivity index (χ4v) is 1.68. The van der Waals surface area contributed by atoms with E-state index in [0.717, 1.165) is 18.6 Å². The number of thioether (sulfide) groups is 1. The lowest BCUT2D eigenvalue weighted by Gasteiger charge is -1.98. The molecule has 0 spiro atoms. The zero-order chi connectivity index (χ0) is 10.4. The van der Waals surface area contributed by atoms with E-state index in [1.54, 1.807) is 11.8 Å². The van der Waals surface area contributed by atoms with E-state index in [1.165, 1.54) is 12.4 Å². The van der Waals surface area contributed by atoms with E-state index in [2.05, 4.69) is 16.9 Å². The number of hydrogen-bond donors (Lipinski definition) is 1. The van der Waals surface area contributed by atoms with Gasteiger partial charge < -0.3 is 5.11 Å². The Balaban J connectivity index is 2.51. The summed E-state index contributed by atoms with van der Waals surface area (Å²) < 4.78 is 0. The van der Waals surface area contributed by atoms with Crippen molar-refractivity contribution in [3.05, 3.63) is 18.0 Å². The molecule has 0 atom stereocenters. The molecule has 0 amide bonds. The molecule has 0 aliphatic carbocycles. The molecule has 0 unspecified atom stereocenters. The van der Waals surface area contributed by atoms with Crippen molar-refractivity contribution in [1.29, 1.82) is 0 Å². The molecule has 1 rings (SSSR count). The van der Waals surface area contributed by atoms with Gasteiger partial charge in [-0.2, -0.15) is 0 Å². The van der Waals surface area contributed by atoms with Gasteiger partial charge in [-0.05, 0) is 6.42 Å². The molecule has 76 valence electrons. The van der Waals surface area contributed by atoms with Gasteiger partial charge in [-0.1, -0.05) is 25.1 Å². The maximum Gasteiger partial charge on any atom is 0.338 e. The smallest absolute Gasteiger partial charge is 0.338 e. The number of unbranched alkanes of at least 4 members (excludes halogenated alkanes) is 1. The summed E-state index contributed by atoms with van der Waals surface area (Å²) in [5.41, 5.74) is 0.129. The molecule has 0 saturated heterocycles. The fraction of sp³-hybridized carbons (Fsp3) is 0.444. The van der Waals surface area contributed by atoms with Crippen molar-refractivity contribution in [3.8, 4) is 0 Å². The van der Waals surface area contributed by atoms with E-state index in [1.807, 2.05) is 0 Å². The predicted molar refractivity (Wildman–Crippen MR) is 54.6 cm³/mol. The van der Waals surface area contributed by atoms with Crippen molar-refractivity contribution in [2.75, 3.05) is 5.75 Å². The quantitative estimate of drug-likeness (QED) is 0.460. The summed E-state index contributed by atoms with van der Waals surface area (Å²) in [6.07, 6.45) is 4.93. The third kappa shape index (κ3) is 3.33. The molecular weight excluding hydrogens is 200 g/mol. The second kappa shape index (κ2) is 5.59. The highest BCUT2D eigenvalue weighted by atomic mass is 32.2. The van der Waals surface area contributed by atoms with E-state index in [9.17, 15) is 4.79 Å². The van der Waals surface area contributed by atoms with Crippen LogP contribution in [0.2, 0.25) is 0 Å². The van der Waals surface area contributed by atoms with Crippen LogP contribution in [-0.2, 0) is 0 Å². The zero-order valence-corrected chi connectivity index (χ0v) is 8.75. The van der Waals surface area contributed by atoms with E-state index >= 15 is 0 Å². The summed E-state index contributed by atoms with van der Waals surface area (Å²) in [6, 6.07) is 0. The Morgan fingerprint density at radius 3 is 2.64 bits per heavy atom. The average Bonchev–Trinajstić information content (AvgIpc) is 2.19. The van der Waals surface area contributed by atoms with Crippen LogP contribution >= 0.6 is 11.8 Å². The molecule has 1 N–H and O–H groups in total. The highest BCUT2D eigenvalue weighted by Crippen LogP contribution is 2.13. The highest BCUT2D eigenvalue weighted by molar-refractivity contribution is 7.99. The Hall–Kier alpha value is -1.10. The zero-order valence-electron chi connectivity index (χ0n) is 7.93. The van der Waals surface area contributed by atoms with E-state index < -0.39 is 5.97 Å². The maximum absolute atomic E-state index is 10.5. The van der Waals surface area contributed by atoms with Crippen LogP contribution in [0.3, 0.4) is 0 Å². The van der Waals surface area contributed by atoms with Gasteiger partial charge in [0, 0.05) is 18.1 Å². The fourth-order valence-electron chi connectivity index (χ4n) is 0.809. The molecule has 4 nitrogen and oxygen atoms in total. The van der Waals surface area contributed by atoms with Crippen LogP contribution in [0.25, 0.3) is 0 Å². The van der Waals surface area contributed by atoms with Crippen LogP contribution < -0.4 is 0 Å². The first-order valence-corrected chi connectivity index (χ1v) is 5.40. The number of carbonyl (C=O) groups is 1. The standard InChI is InChI=1S/C9H12N2O2S/c1-2-3-4-14-9-10-5-7(6-11-9)8(12)13/h5-6H,2-4H2,1H3,(H,12,13). The molecule has 0 saturated carbocycles. The minimum atomic E-state index is -0.991. The third-order valence-electron chi connectivity index (χ3n) is 1.60. The molecule has 5 heteroatoms. The third-order valence-corrected chi connectivity index (χ3v) is 2.57. The summed E-state index contributed by atoms with van der Waals surface area (Å²) in [5, 5.41) is 9.25. The summed E-state index contributed by atoms with van der Waals surface area (Å²) in [4.78, 5) is 18.4. The number of rotatable bonds is 5. The molecular formula is C9H12N2O2S. The van der Waals surface area contributed by atoms with Crippen molar-refractivity contribution in [2.24, 2.45) is 0 Å². The first kappa shape index (κ1) is 11.0. The van der Waals surface area contributed by atoms with E-state index in [-0.39, 0.29) is 5.56 Å². The van der Waals surface area contributed by atoms with E-state index in [0.29, 0.717) is 5.16 Å². The molecule has 0 aliphatic rings. The summed E-state index contributed by atoms with van der Waals surface area (Å²) >= 11 is 1.55.